The van der Waals surface area contributed by atoms with Crippen molar-refractivity contribution in [1.82, 2.24) is 24.8 Å². The van der Waals surface area contributed by atoms with Crippen LogP contribution in [0.2, 0.25) is 0 Å². The van der Waals surface area contributed by atoms with Crippen LogP contribution in [0.3, 0.4) is 0 Å². The van der Waals surface area contributed by atoms with Crippen molar-refractivity contribution in [2.24, 2.45) is 0 Å². The van der Waals surface area contributed by atoms with E-state index in [-0.39, 0.29) is 0 Å². The minimum Gasteiger partial charge on any atom is -0.308 e. The number of aryl methyl sites for hydroxylation is 2. The molecule has 2 aromatic heterocycles. The van der Waals surface area contributed by atoms with Crippen molar-refractivity contribution >= 4 is 10.0 Å². The summed E-state index contributed by atoms with van der Waals surface area (Å²) in [6.07, 6.45) is 3.37. The van der Waals surface area contributed by atoms with E-state index in [2.05, 4.69) is 20.5 Å². The van der Waals surface area contributed by atoms with Crippen molar-refractivity contribution in [1.29, 1.82) is 0 Å². The van der Waals surface area contributed by atoms with Gasteiger partial charge in [0.1, 0.15) is 4.90 Å². The van der Waals surface area contributed by atoms with Gasteiger partial charge in [-0.25, -0.2) is 8.42 Å². The van der Waals surface area contributed by atoms with Crippen molar-refractivity contribution in [2.45, 2.75) is 44.2 Å². The molecule has 0 aromatic carbocycles. The van der Waals surface area contributed by atoms with Gasteiger partial charge in [-0.05, 0) is 38.8 Å². The van der Waals surface area contributed by atoms with Crippen LogP contribution >= 0.6 is 0 Å². The number of hydrogen-bond acceptors (Lipinski definition) is 5. The number of H-pyrrole nitrogens is 1. The van der Waals surface area contributed by atoms with Crippen LogP contribution in [0.5, 0.6) is 0 Å². The molecule has 1 aliphatic heterocycles. The number of rotatable bonds is 5. The van der Waals surface area contributed by atoms with Gasteiger partial charge in [0.05, 0.1) is 17.1 Å². The van der Waals surface area contributed by atoms with Crippen molar-refractivity contribution in [3.8, 4) is 0 Å². The molecule has 2 N–H and O–H groups in total. The number of aromatic amines is 1. The molecule has 8 heteroatoms. The van der Waals surface area contributed by atoms with Gasteiger partial charge in [0.2, 0.25) is 10.0 Å². The summed E-state index contributed by atoms with van der Waals surface area (Å²) in [5.41, 5.74) is 2.13. The van der Waals surface area contributed by atoms with Crippen LogP contribution in [0.1, 0.15) is 29.9 Å². The lowest BCUT2D eigenvalue weighted by Crippen LogP contribution is -2.44. The van der Waals surface area contributed by atoms with Crippen LogP contribution in [0, 0.1) is 13.8 Å². The largest absolute Gasteiger partial charge is 0.308 e. The maximum absolute atomic E-state index is 12.8. The Morgan fingerprint density at radius 3 is 2.62 bits per heavy atom. The molecule has 24 heavy (non-hydrogen) atoms. The predicted molar refractivity (Wildman–Crippen MR) is 90.9 cm³/mol. The quantitative estimate of drug-likeness (QED) is 0.851. The summed E-state index contributed by atoms with van der Waals surface area (Å²) in [7, 11) is -3.47. The Morgan fingerprint density at radius 1 is 1.29 bits per heavy atom. The molecule has 1 saturated heterocycles. The van der Waals surface area contributed by atoms with Gasteiger partial charge in [-0.2, -0.15) is 9.40 Å². The van der Waals surface area contributed by atoms with Crippen LogP contribution in [0.25, 0.3) is 0 Å². The number of hydrogen-bond donors (Lipinski definition) is 2. The SMILES string of the molecule is Cc1n[nH]c(C)c1S(=O)(=O)N1CCC(NCc2ccccn2)CC1. The maximum Gasteiger partial charge on any atom is 0.246 e. The first-order valence-electron chi connectivity index (χ1n) is 8.13. The molecule has 1 fully saturated rings. The van der Waals surface area contributed by atoms with Crippen molar-refractivity contribution in [3.63, 3.8) is 0 Å². The lowest BCUT2D eigenvalue weighted by Gasteiger charge is -2.31. The van der Waals surface area contributed by atoms with Gasteiger partial charge < -0.3 is 5.32 Å². The van der Waals surface area contributed by atoms with Crippen molar-refractivity contribution < 1.29 is 8.42 Å². The highest BCUT2D eigenvalue weighted by Gasteiger charge is 2.32. The molecule has 0 aliphatic carbocycles. The summed E-state index contributed by atoms with van der Waals surface area (Å²) in [4.78, 5) is 4.61. The molecule has 0 unspecified atom stereocenters. The molecular weight excluding hydrogens is 326 g/mol. The third-order valence-corrected chi connectivity index (χ3v) is 6.57. The normalized spacial score (nSPS) is 17.2. The molecule has 1 aliphatic rings. The topological polar surface area (TPSA) is 91.0 Å². The molecule has 130 valence electrons. The maximum atomic E-state index is 12.8. The summed E-state index contributed by atoms with van der Waals surface area (Å²) in [5, 5.41) is 10.2. The fourth-order valence-corrected chi connectivity index (χ4v) is 4.90. The summed E-state index contributed by atoms with van der Waals surface area (Å²) in [6.45, 7) is 5.21. The average molecular weight is 349 g/mol. The highest BCUT2D eigenvalue weighted by atomic mass is 32.2. The molecule has 0 amide bonds. The Morgan fingerprint density at radius 2 is 2.04 bits per heavy atom. The highest BCUT2D eigenvalue weighted by molar-refractivity contribution is 7.89. The lowest BCUT2D eigenvalue weighted by molar-refractivity contribution is 0.288. The molecule has 3 rings (SSSR count). The second-order valence-corrected chi connectivity index (χ2v) is 8.02. The standard InChI is InChI=1S/C16H23N5O2S/c1-12-16(13(2)20-19-12)24(22,23)21-9-6-14(7-10-21)18-11-15-5-3-4-8-17-15/h3-5,8,14,18H,6-7,9-11H2,1-2H3,(H,19,20). The third kappa shape index (κ3) is 3.50. The number of nitrogens with one attached hydrogen (secondary N) is 2. The third-order valence-electron chi connectivity index (χ3n) is 4.41. The number of piperidine rings is 1. The number of nitrogens with zero attached hydrogens (tertiary/aromatic N) is 3. The second kappa shape index (κ2) is 7.00. The Balaban J connectivity index is 1.59. The van der Waals surface area contributed by atoms with Gasteiger partial charge in [-0.1, -0.05) is 6.07 Å². The van der Waals surface area contributed by atoms with Crippen LogP contribution in [-0.4, -0.2) is 47.0 Å². The zero-order chi connectivity index (χ0) is 17.2. The monoisotopic (exact) mass is 349 g/mol. The van der Waals surface area contributed by atoms with Gasteiger partial charge in [-0.15, -0.1) is 0 Å². The molecule has 0 atom stereocenters. The minimum atomic E-state index is -3.47. The first-order valence-corrected chi connectivity index (χ1v) is 9.57. The molecule has 2 aromatic rings. The van der Waals surface area contributed by atoms with Crippen LogP contribution < -0.4 is 5.32 Å². The second-order valence-electron chi connectivity index (χ2n) is 6.14. The number of aromatic nitrogens is 3. The van der Waals surface area contributed by atoms with E-state index >= 15 is 0 Å². The van der Waals surface area contributed by atoms with Gasteiger partial charge >= 0.3 is 0 Å². The summed E-state index contributed by atoms with van der Waals surface area (Å²) < 4.78 is 27.2. The van der Waals surface area contributed by atoms with E-state index in [9.17, 15) is 8.42 Å². The zero-order valence-electron chi connectivity index (χ0n) is 14.0. The Hall–Kier alpha value is -1.77. The molecule has 0 spiro atoms. The smallest absolute Gasteiger partial charge is 0.246 e. The van der Waals surface area contributed by atoms with E-state index < -0.39 is 10.0 Å². The van der Waals surface area contributed by atoms with E-state index in [1.54, 1.807) is 24.3 Å². The first kappa shape index (κ1) is 17.1. The summed E-state index contributed by atoms with van der Waals surface area (Å²) >= 11 is 0. The Kier molecular flexibility index (Phi) is 4.98. The van der Waals surface area contributed by atoms with E-state index in [1.807, 2.05) is 18.2 Å². The lowest BCUT2D eigenvalue weighted by atomic mass is 10.1. The van der Waals surface area contributed by atoms with E-state index in [1.165, 1.54) is 0 Å². The van der Waals surface area contributed by atoms with Gasteiger partial charge in [0, 0.05) is 31.9 Å². The first-order chi connectivity index (χ1) is 11.5. The van der Waals surface area contributed by atoms with Crippen LogP contribution in [0.4, 0.5) is 0 Å². The van der Waals surface area contributed by atoms with E-state index in [4.69, 9.17) is 0 Å². The fraction of sp³-hybridized carbons (Fsp3) is 0.500. The molecule has 3 heterocycles. The van der Waals surface area contributed by atoms with Gasteiger partial charge in [0.25, 0.3) is 0 Å². The number of sulfonamides is 1. The predicted octanol–water partition coefficient (Wildman–Crippen LogP) is 1.36. The van der Waals surface area contributed by atoms with Gasteiger partial charge in [-0.3, -0.25) is 10.1 Å². The Bertz CT molecular complexity index is 761. The molecule has 0 bridgehead atoms. The van der Waals surface area contributed by atoms with E-state index in [0.717, 1.165) is 18.5 Å². The highest BCUT2D eigenvalue weighted by Crippen LogP contribution is 2.24. The number of pyridine rings is 1. The van der Waals surface area contributed by atoms with Crippen LogP contribution in [-0.2, 0) is 16.6 Å². The fourth-order valence-electron chi connectivity index (χ4n) is 3.10. The van der Waals surface area contributed by atoms with E-state index in [0.29, 0.717) is 42.0 Å². The van der Waals surface area contributed by atoms with Crippen LogP contribution in [0.15, 0.2) is 29.3 Å². The molecular formula is C16H23N5O2S. The van der Waals surface area contributed by atoms with Gasteiger partial charge in [0.15, 0.2) is 0 Å². The summed E-state index contributed by atoms with van der Waals surface area (Å²) in [5.74, 6) is 0. The molecule has 0 radical (unpaired) electrons. The van der Waals surface area contributed by atoms with Crippen molar-refractivity contribution in [2.75, 3.05) is 13.1 Å². The summed E-state index contributed by atoms with van der Waals surface area (Å²) in [6, 6.07) is 6.16. The Labute approximate surface area is 142 Å². The zero-order valence-corrected chi connectivity index (χ0v) is 14.8. The average Bonchev–Trinajstić information content (AvgIpc) is 2.93. The molecule has 0 saturated carbocycles. The minimum absolute atomic E-state index is 0.310. The van der Waals surface area contributed by atoms with Crippen molar-refractivity contribution in [3.05, 3.63) is 41.5 Å². The molecule has 7 nitrogen and oxygen atoms in total.